The van der Waals surface area contributed by atoms with Gasteiger partial charge in [0, 0.05) is 21.0 Å². The summed E-state index contributed by atoms with van der Waals surface area (Å²) < 4.78 is 3.33. The van der Waals surface area contributed by atoms with Crippen LogP contribution < -0.4 is 16.3 Å². The highest BCUT2D eigenvalue weighted by atomic mass is 16.2. The van der Waals surface area contributed by atoms with Gasteiger partial charge in [0.1, 0.15) is 12.7 Å². The maximum atomic E-state index is 12.7. The van der Waals surface area contributed by atoms with E-state index in [1.807, 2.05) is 0 Å². The molecule has 0 fully saturated rings. The van der Waals surface area contributed by atoms with Crippen molar-refractivity contribution in [3.05, 3.63) is 39.8 Å². The van der Waals surface area contributed by atoms with Gasteiger partial charge < -0.3 is 4.57 Å². The zero-order valence-electron chi connectivity index (χ0n) is 12.5. The Morgan fingerprint density at radius 3 is 2.39 bits per heavy atom. The molecule has 3 rings (SSSR count). The second-order valence-corrected chi connectivity index (χ2v) is 4.76. The number of carbonyl (C=O) groups is 1. The van der Waals surface area contributed by atoms with Gasteiger partial charge in [-0.3, -0.25) is 14.2 Å². The highest BCUT2D eigenvalue weighted by Gasteiger charge is 2.24. The third-order valence-electron chi connectivity index (χ3n) is 3.27. The first-order valence-electron chi connectivity index (χ1n) is 6.49. The fourth-order valence-electron chi connectivity index (χ4n) is 2.22. The smallest absolute Gasteiger partial charge is 0.328 e. The first-order chi connectivity index (χ1) is 10.9. The lowest BCUT2D eigenvalue weighted by Gasteiger charge is -2.20. The number of rotatable bonds is 2. The summed E-state index contributed by atoms with van der Waals surface area (Å²) in [6.45, 7) is 1.20. The van der Waals surface area contributed by atoms with Crippen molar-refractivity contribution in [3.63, 3.8) is 0 Å². The predicted octanol–water partition coefficient (Wildman–Crippen LogP) is -1.57. The van der Waals surface area contributed by atoms with Crippen LogP contribution in [0.25, 0.3) is 11.2 Å². The van der Waals surface area contributed by atoms with E-state index in [-0.39, 0.29) is 17.1 Å². The minimum Gasteiger partial charge on any atom is -0.328 e. The molecule has 0 saturated carbocycles. The van der Waals surface area contributed by atoms with Crippen LogP contribution in [0.5, 0.6) is 0 Å². The Bertz CT molecular complexity index is 1020. The van der Waals surface area contributed by atoms with Gasteiger partial charge in [0.25, 0.3) is 5.95 Å². The number of nitrogens with zero attached hydrogens (tertiary/aromatic N) is 8. The lowest BCUT2D eigenvalue weighted by molar-refractivity contribution is -0.117. The lowest BCUT2D eigenvalue weighted by Crippen LogP contribution is -2.52. The van der Waals surface area contributed by atoms with E-state index in [0.717, 1.165) is 17.7 Å². The normalized spacial score (nSPS) is 10.9. The van der Waals surface area contributed by atoms with Gasteiger partial charge in [-0.1, -0.05) is 0 Å². The van der Waals surface area contributed by atoms with Crippen LogP contribution in [-0.4, -0.2) is 39.7 Å². The first kappa shape index (κ1) is 14.6. The van der Waals surface area contributed by atoms with Gasteiger partial charge in [0.05, 0.1) is 6.33 Å². The topological polar surface area (TPSA) is 121 Å². The van der Waals surface area contributed by atoms with Crippen LogP contribution in [0.2, 0.25) is 0 Å². The van der Waals surface area contributed by atoms with Crippen molar-refractivity contribution in [2.75, 3.05) is 5.01 Å². The molecule has 3 aromatic rings. The summed E-state index contributed by atoms with van der Waals surface area (Å²) in [4.78, 5) is 52.6. The molecule has 23 heavy (non-hydrogen) atoms. The largest absolute Gasteiger partial charge is 0.352 e. The number of imidazole rings is 1. The standard InChI is InChI=1S/C12H12N8O3/c1-7(21)19(11-14-4-13-5-15-11)20-10(22)8-9(16-6-17(8)2)18(3)12(20)23/h4-6H,1-3H3. The van der Waals surface area contributed by atoms with Crippen LogP contribution in [0.15, 0.2) is 28.6 Å². The fourth-order valence-corrected chi connectivity index (χ4v) is 2.22. The molecule has 0 aliphatic rings. The molecule has 0 aromatic carbocycles. The Kier molecular flexibility index (Phi) is 3.24. The number of anilines is 1. The van der Waals surface area contributed by atoms with E-state index < -0.39 is 17.2 Å². The molecule has 0 N–H and O–H groups in total. The SMILES string of the molecule is CC(=O)N(c1ncncn1)n1c(=O)c2c(ncn2C)n(C)c1=O. The van der Waals surface area contributed by atoms with Crippen LogP contribution in [0.3, 0.4) is 0 Å². The summed E-state index contributed by atoms with van der Waals surface area (Å²) in [5, 5.41) is 0.804. The Balaban J connectivity index is 2.43. The fraction of sp³-hybridized carbons (Fsp3) is 0.250. The van der Waals surface area contributed by atoms with Crippen molar-refractivity contribution in [1.82, 2.24) is 33.7 Å². The van der Waals surface area contributed by atoms with Gasteiger partial charge in [-0.25, -0.2) is 14.8 Å². The number of hydrogen-bond donors (Lipinski definition) is 0. The molecule has 0 atom stereocenters. The molecular formula is C12H12N8O3. The summed E-state index contributed by atoms with van der Waals surface area (Å²) >= 11 is 0. The van der Waals surface area contributed by atoms with E-state index >= 15 is 0 Å². The van der Waals surface area contributed by atoms with Crippen LogP contribution in [0.4, 0.5) is 5.95 Å². The molecule has 0 bridgehead atoms. The third kappa shape index (κ3) is 2.09. The van der Waals surface area contributed by atoms with Gasteiger partial charge in [-0.05, 0) is 0 Å². The number of carbonyl (C=O) groups excluding carboxylic acids is 1. The van der Waals surface area contributed by atoms with Crippen molar-refractivity contribution in [1.29, 1.82) is 0 Å². The Morgan fingerprint density at radius 1 is 1.13 bits per heavy atom. The maximum absolute atomic E-state index is 12.7. The van der Waals surface area contributed by atoms with Gasteiger partial charge in [0.2, 0.25) is 5.91 Å². The summed E-state index contributed by atoms with van der Waals surface area (Å²) in [5.41, 5.74) is -1.04. The van der Waals surface area contributed by atoms with Gasteiger partial charge in [-0.2, -0.15) is 19.7 Å². The highest BCUT2D eigenvalue weighted by molar-refractivity contribution is 5.89. The summed E-state index contributed by atoms with van der Waals surface area (Å²) in [5.74, 6) is -0.731. The Morgan fingerprint density at radius 2 is 1.78 bits per heavy atom. The maximum Gasteiger partial charge on any atom is 0.352 e. The van der Waals surface area contributed by atoms with Crippen molar-refractivity contribution in [2.24, 2.45) is 14.1 Å². The second-order valence-electron chi connectivity index (χ2n) is 4.76. The van der Waals surface area contributed by atoms with E-state index in [2.05, 4.69) is 19.9 Å². The number of hydrogen-bond acceptors (Lipinski definition) is 7. The zero-order valence-corrected chi connectivity index (χ0v) is 12.5. The van der Waals surface area contributed by atoms with Crippen molar-refractivity contribution >= 4 is 23.0 Å². The van der Waals surface area contributed by atoms with Crippen LogP contribution in [-0.2, 0) is 18.9 Å². The average Bonchev–Trinajstić information content (AvgIpc) is 2.92. The van der Waals surface area contributed by atoms with Crippen LogP contribution in [0.1, 0.15) is 6.92 Å². The molecule has 3 aromatic heterocycles. The van der Waals surface area contributed by atoms with Crippen molar-refractivity contribution < 1.29 is 4.79 Å². The first-order valence-corrected chi connectivity index (χ1v) is 6.49. The molecule has 118 valence electrons. The summed E-state index contributed by atoms with van der Waals surface area (Å²) in [6, 6.07) is 0. The van der Waals surface area contributed by atoms with E-state index in [9.17, 15) is 14.4 Å². The number of aromatic nitrogens is 7. The van der Waals surface area contributed by atoms with Gasteiger partial charge in [-0.15, -0.1) is 0 Å². The molecule has 1 amide bonds. The molecule has 0 radical (unpaired) electrons. The monoisotopic (exact) mass is 316 g/mol. The van der Waals surface area contributed by atoms with Gasteiger partial charge in [0.15, 0.2) is 11.2 Å². The number of aryl methyl sites for hydroxylation is 2. The molecule has 0 saturated heterocycles. The molecular weight excluding hydrogens is 304 g/mol. The lowest BCUT2D eigenvalue weighted by atomic mass is 10.5. The molecule has 0 aliphatic heterocycles. The number of amides is 1. The van der Waals surface area contributed by atoms with Crippen molar-refractivity contribution in [2.45, 2.75) is 6.92 Å². The molecule has 0 spiro atoms. The van der Waals surface area contributed by atoms with Crippen LogP contribution in [0, 0.1) is 0 Å². The van der Waals surface area contributed by atoms with Crippen LogP contribution >= 0.6 is 0 Å². The average molecular weight is 316 g/mol. The second kappa shape index (κ2) is 5.12. The Labute approximate surface area is 128 Å². The Hall–Kier alpha value is -3.37. The molecule has 11 heteroatoms. The van der Waals surface area contributed by atoms with Crippen molar-refractivity contribution in [3.8, 4) is 0 Å². The van der Waals surface area contributed by atoms with E-state index in [1.165, 1.54) is 29.4 Å². The number of fused-ring (bicyclic) bond motifs is 1. The van der Waals surface area contributed by atoms with Gasteiger partial charge >= 0.3 is 11.2 Å². The molecule has 0 unspecified atom stereocenters. The molecule has 3 heterocycles. The van der Waals surface area contributed by atoms with E-state index in [0.29, 0.717) is 4.68 Å². The minimum atomic E-state index is -0.739. The summed E-state index contributed by atoms with van der Waals surface area (Å²) in [7, 11) is 3.08. The van der Waals surface area contributed by atoms with E-state index in [4.69, 9.17) is 0 Å². The predicted molar refractivity (Wildman–Crippen MR) is 78.6 cm³/mol. The minimum absolute atomic E-state index is 0.131. The molecule has 11 nitrogen and oxygen atoms in total. The highest BCUT2D eigenvalue weighted by Crippen LogP contribution is 2.07. The zero-order chi connectivity index (χ0) is 16.7. The summed E-state index contributed by atoms with van der Waals surface area (Å²) in [6.07, 6.45) is 3.74. The third-order valence-corrected chi connectivity index (χ3v) is 3.27. The quantitative estimate of drug-likeness (QED) is 0.560. The molecule has 0 aliphatic carbocycles. The van der Waals surface area contributed by atoms with E-state index in [1.54, 1.807) is 7.05 Å².